The van der Waals surface area contributed by atoms with Crippen LogP contribution in [0.2, 0.25) is 0 Å². The van der Waals surface area contributed by atoms with Crippen LogP contribution in [0.25, 0.3) is 0 Å². The van der Waals surface area contributed by atoms with E-state index < -0.39 is 0 Å². The van der Waals surface area contributed by atoms with Crippen molar-refractivity contribution < 1.29 is 0 Å². The molecule has 1 aliphatic heterocycles. The van der Waals surface area contributed by atoms with E-state index in [9.17, 15) is 0 Å². The lowest BCUT2D eigenvalue weighted by Crippen LogP contribution is -2.29. The summed E-state index contributed by atoms with van der Waals surface area (Å²) in [5.41, 5.74) is 2.83. The van der Waals surface area contributed by atoms with Gasteiger partial charge in [0.25, 0.3) is 0 Å². The SMILES string of the molecule is Cc1cccc(CCN(C)CCC2CCCN2)c1. The molecule has 0 amide bonds. The average molecular weight is 246 g/mol. The Morgan fingerprint density at radius 3 is 2.94 bits per heavy atom. The van der Waals surface area contributed by atoms with Gasteiger partial charge in [-0.3, -0.25) is 0 Å². The standard InChI is InChI=1S/C16H26N2/c1-14-5-3-6-15(13-14)8-11-18(2)12-9-16-7-4-10-17-16/h3,5-6,13,16-17H,4,7-12H2,1-2H3. The van der Waals surface area contributed by atoms with Crippen LogP contribution >= 0.6 is 0 Å². The fourth-order valence-electron chi connectivity index (χ4n) is 2.68. The third kappa shape index (κ3) is 4.43. The summed E-state index contributed by atoms with van der Waals surface area (Å²) in [4.78, 5) is 2.46. The topological polar surface area (TPSA) is 15.3 Å². The highest BCUT2D eigenvalue weighted by atomic mass is 15.1. The molecule has 1 saturated heterocycles. The molecule has 0 bridgehead atoms. The molecule has 1 N–H and O–H groups in total. The number of nitrogens with zero attached hydrogens (tertiary/aromatic N) is 1. The molecule has 1 aromatic carbocycles. The molecule has 0 aromatic heterocycles. The zero-order valence-electron chi connectivity index (χ0n) is 11.8. The van der Waals surface area contributed by atoms with Crippen LogP contribution in [0, 0.1) is 6.92 Å². The molecule has 2 heteroatoms. The first kappa shape index (κ1) is 13.6. The van der Waals surface area contributed by atoms with Gasteiger partial charge in [0.15, 0.2) is 0 Å². The largest absolute Gasteiger partial charge is 0.314 e. The van der Waals surface area contributed by atoms with Crippen LogP contribution in [0.3, 0.4) is 0 Å². The van der Waals surface area contributed by atoms with Crippen LogP contribution in [-0.2, 0) is 6.42 Å². The van der Waals surface area contributed by atoms with E-state index in [1.807, 2.05) is 0 Å². The smallest absolute Gasteiger partial charge is 0.00797 e. The van der Waals surface area contributed by atoms with Crippen LogP contribution in [0.15, 0.2) is 24.3 Å². The number of aryl methyl sites for hydroxylation is 1. The minimum atomic E-state index is 0.770. The van der Waals surface area contributed by atoms with Gasteiger partial charge in [-0.1, -0.05) is 29.8 Å². The first-order valence-corrected chi connectivity index (χ1v) is 7.21. The first-order valence-electron chi connectivity index (χ1n) is 7.21. The molecule has 0 saturated carbocycles. The molecule has 1 aliphatic rings. The van der Waals surface area contributed by atoms with Crippen molar-refractivity contribution in [2.75, 3.05) is 26.7 Å². The summed E-state index contributed by atoms with van der Waals surface area (Å²) in [6.07, 6.45) is 5.18. The summed E-state index contributed by atoms with van der Waals surface area (Å²) in [7, 11) is 2.24. The lowest BCUT2D eigenvalue weighted by atomic mass is 10.1. The second-order valence-electron chi connectivity index (χ2n) is 5.62. The third-order valence-electron chi connectivity index (χ3n) is 3.89. The Bertz CT molecular complexity index is 356. The molecular weight excluding hydrogens is 220 g/mol. The maximum absolute atomic E-state index is 3.57. The maximum atomic E-state index is 3.57. The highest BCUT2D eigenvalue weighted by Gasteiger charge is 2.13. The van der Waals surface area contributed by atoms with Crippen molar-refractivity contribution in [1.82, 2.24) is 10.2 Å². The van der Waals surface area contributed by atoms with Gasteiger partial charge in [-0.2, -0.15) is 0 Å². The molecule has 1 unspecified atom stereocenters. The molecule has 1 heterocycles. The number of hydrogen-bond donors (Lipinski definition) is 1. The van der Waals surface area contributed by atoms with Crippen LogP contribution in [0.1, 0.15) is 30.4 Å². The van der Waals surface area contributed by atoms with E-state index in [-0.39, 0.29) is 0 Å². The highest BCUT2D eigenvalue weighted by molar-refractivity contribution is 5.22. The predicted molar refractivity (Wildman–Crippen MR) is 78.0 cm³/mol. The van der Waals surface area contributed by atoms with E-state index in [2.05, 4.69) is 48.5 Å². The van der Waals surface area contributed by atoms with Crippen LogP contribution < -0.4 is 5.32 Å². The Morgan fingerprint density at radius 1 is 1.33 bits per heavy atom. The summed E-state index contributed by atoms with van der Waals surface area (Å²) < 4.78 is 0. The summed E-state index contributed by atoms with van der Waals surface area (Å²) in [5, 5.41) is 3.57. The molecule has 2 rings (SSSR count). The fraction of sp³-hybridized carbons (Fsp3) is 0.625. The van der Waals surface area contributed by atoms with Crippen molar-refractivity contribution in [2.24, 2.45) is 0 Å². The Labute approximate surface area is 111 Å². The van der Waals surface area contributed by atoms with Gasteiger partial charge in [0.1, 0.15) is 0 Å². The van der Waals surface area contributed by atoms with Gasteiger partial charge in [0, 0.05) is 12.6 Å². The zero-order chi connectivity index (χ0) is 12.8. The molecule has 2 nitrogen and oxygen atoms in total. The minimum absolute atomic E-state index is 0.770. The Balaban J connectivity index is 1.66. The number of likely N-dealkylation sites (N-methyl/N-ethyl adjacent to an activating group) is 1. The summed E-state index contributed by atoms with van der Waals surface area (Å²) >= 11 is 0. The Hall–Kier alpha value is -0.860. The summed E-state index contributed by atoms with van der Waals surface area (Å²) in [6, 6.07) is 9.63. The Morgan fingerprint density at radius 2 is 2.22 bits per heavy atom. The average Bonchev–Trinajstić information content (AvgIpc) is 2.87. The van der Waals surface area contributed by atoms with Gasteiger partial charge in [0.2, 0.25) is 0 Å². The monoisotopic (exact) mass is 246 g/mol. The second-order valence-corrected chi connectivity index (χ2v) is 5.62. The van der Waals surface area contributed by atoms with Gasteiger partial charge in [-0.15, -0.1) is 0 Å². The van der Waals surface area contributed by atoms with E-state index in [1.165, 1.54) is 43.5 Å². The van der Waals surface area contributed by atoms with Gasteiger partial charge in [-0.25, -0.2) is 0 Å². The highest BCUT2D eigenvalue weighted by Crippen LogP contribution is 2.10. The summed E-state index contributed by atoms with van der Waals surface area (Å²) in [5.74, 6) is 0. The van der Waals surface area contributed by atoms with Crippen molar-refractivity contribution in [3.8, 4) is 0 Å². The van der Waals surface area contributed by atoms with E-state index in [1.54, 1.807) is 0 Å². The van der Waals surface area contributed by atoms with E-state index in [4.69, 9.17) is 0 Å². The lowest BCUT2D eigenvalue weighted by Gasteiger charge is -2.19. The fourth-order valence-corrected chi connectivity index (χ4v) is 2.68. The van der Waals surface area contributed by atoms with Gasteiger partial charge in [0.05, 0.1) is 0 Å². The number of hydrogen-bond acceptors (Lipinski definition) is 2. The zero-order valence-corrected chi connectivity index (χ0v) is 11.8. The molecule has 1 aromatic rings. The molecule has 1 atom stereocenters. The van der Waals surface area contributed by atoms with Crippen molar-refractivity contribution >= 4 is 0 Å². The van der Waals surface area contributed by atoms with Gasteiger partial charge < -0.3 is 10.2 Å². The van der Waals surface area contributed by atoms with Gasteiger partial charge >= 0.3 is 0 Å². The van der Waals surface area contributed by atoms with Crippen LogP contribution in [0.5, 0.6) is 0 Å². The molecular formula is C16H26N2. The predicted octanol–water partition coefficient (Wildman–Crippen LogP) is 2.61. The van der Waals surface area contributed by atoms with Crippen LogP contribution in [0.4, 0.5) is 0 Å². The second kappa shape index (κ2) is 6.91. The lowest BCUT2D eigenvalue weighted by molar-refractivity contribution is 0.316. The quantitative estimate of drug-likeness (QED) is 0.830. The molecule has 18 heavy (non-hydrogen) atoms. The van der Waals surface area contributed by atoms with Crippen LogP contribution in [-0.4, -0.2) is 37.6 Å². The number of nitrogens with one attached hydrogen (secondary N) is 1. The van der Waals surface area contributed by atoms with Gasteiger partial charge in [-0.05, 0) is 58.3 Å². The number of benzene rings is 1. The minimum Gasteiger partial charge on any atom is -0.314 e. The van der Waals surface area contributed by atoms with E-state index >= 15 is 0 Å². The molecule has 0 radical (unpaired) electrons. The molecule has 100 valence electrons. The molecule has 0 spiro atoms. The Kier molecular flexibility index (Phi) is 5.21. The summed E-state index contributed by atoms with van der Waals surface area (Å²) in [6.45, 7) is 5.76. The van der Waals surface area contributed by atoms with Crippen molar-refractivity contribution in [3.63, 3.8) is 0 Å². The third-order valence-corrected chi connectivity index (χ3v) is 3.89. The normalized spacial score (nSPS) is 19.6. The van der Waals surface area contributed by atoms with Crippen molar-refractivity contribution in [2.45, 2.75) is 38.6 Å². The van der Waals surface area contributed by atoms with E-state index in [0.717, 1.165) is 19.0 Å². The first-order chi connectivity index (χ1) is 8.74. The maximum Gasteiger partial charge on any atom is 0.00797 e. The van der Waals surface area contributed by atoms with Crippen molar-refractivity contribution in [1.29, 1.82) is 0 Å². The number of rotatable bonds is 6. The van der Waals surface area contributed by atoms with E-state index in [0.29, 0.717) is 0 Å². The van der Waals surface area contributed by atoms with Crippen molar-refractivity contribution in [3.05, 3.63) is 35.4 Å². The molecule has 1 fully saturated rings. The molecule has 0 aliphatic carbocycles.